The van der Waals surface area contributed by atoms with Crippen molar-refractivity contribution in [1.82, 2.24) is 25.3 Å². The van der Waals surface area contributed by atoms with Crippen LogP contribution < -0.4 is 10.6 Å². The lowest BCUT2D eigenvalue weighted by molar-refractivity contribution is 0.577. The van der Waals surface area contributed by atoms with E-state index in [0.717, 1.165) is 18.8 Å². The molecule has 0 bridgehead atoms. The average Bonchev–Trinajstić information content (AvgIpc) is 3.09. The minimum absolute atomic E-state index is 0.577. The summed E-state index contributed by atoms with van der Waals surface area (Å²) < 4.78 is 1.49. The molecule has 7 heteroatoms. The van der Waals surface area contributed by atoms with E-state index in [0.29, 0.717) is 18.2 Å². The van der Waals surface area contributed by atoms with Crippen LogP contribution in [-0.4, -0.2) is 44.4 Å². The molecule has 0 radical (unpaired) electrons. The van der Waals surface area contributed by atoms with Gasteiger partial charge in [-0.3, -0.25) is 0 Å². The maximum atomic E-state index is 5.64. The normalized spacial score (nSPS) is 16.3. The number of tetrazole rings is 1. The van der Waals surface area contributed by atoms with Crippen molar-refractivity contribution in [3.05, 3.63) is 12.1 Å². The Morgan fingerprint density at radius 3 is 2.95 bits per heavy atom. The summed E-state index contributed by atoms with van der Waals surface area (Å²) >= 11 is 0. The molecule has 19 heavy (non-hydrogen) atoms. The van der Waals surface area contributed by atoms with Crippen molar-refractivity contribution in [2.75, 3.05) is 18.0 Å². The minimum Gasteiger partial charge on any atom is -0.352 e. The lowest BCUT2D eigenvalue weighted by atomic mass is 10.2. The number of hydrogen-bond donors (Lipinski definition) is 1. The Morgan fingerprint density at radius 1 is 1.32 bits per heavy atom. The zero-order valence-corrected chi connectivity index (χ0v) is 10.9. The first-order valence-electron chi connectivity index (χ1n) is 6.90. The van der Waals surface area contributed by atoms with Gasteiger partial charge in [0.1, 0.15) is 0 Å². The van der Waals surface area contributed by atoms with E-state index < -0.39 is 0 Å². The van der Waals surface area contributed by atoms with Crippen molar-refractivity contribution in [2.24, 2.45) is 5.73 Å². The van der Waals surface area contributed by atoms with Gasteiger partial charge in [-0.2, -0.15) is 0 Å². The van der Waals surface area contributed by atoms with Gasteiger partial charge in [-0.1, -0.05) is 12.8 Å². The Labute approximate surface area is 111 Å². The molecule has 2 heterocycles. The van der Waals surface area contributed by atoms with Crippen molar-refractivity contribution in [2.45, 2.75) is 38.1 Å². The van der Waals surface area contributed by atoms with Gasteiger partial charge in [-0.15, -0.1) is 14.8 Å². The van der Waals surface area contributed by atoms with Gasteiger partial charge in [-0.25, -0.2) is 0 Å². The van der Waals surface area contributed by atoms with Crippen molar-refractivity contribution in [3.8, 4) is 0 Å². The molecule has 0 saturated heterocycles. The molecule has 0 aliphatic heterocycles. The lowest BCUT2D eigenvalue weighted by Crippen LogP contribution is -2.36. The Kier molecular flexibility index (Phi) is 3.54. The van der Waals surface area contributed by atoms with Gasteiger partial charge in [0.05, 0.1) is 0 Å². The lowest BCUT2D eigenvalue weighted by Gasteiger charge is -2.29. The van der Waals surface area contributed by atoms with E-state index in [1.165, 1.54) is 30.3 Å². The summed E-state index contributed by atoms with van der Waals surface area (Å²) in [5.41, 5.74) is 6.32. The monoisotopic (exact) mass is 261 g/mol. The van der Waals surface area contributed by atoms with Crippen molar-refractivity contribution in [1.29, 1.82) is 0 Å². The molecular weight excluding hydrogens is 242 g/mol. The Hall–Kier alpha value is -1.76. The van der Waals surface area contributed by atoms with Gasteiger partial charge in [0.25, 0.3) is 0 Å². The predicted octanol–water partition coefficient (Wildman–Crippen LogP) is 0.617. The fourth-order valence-electron chi connectivity index (χ4n) is 2.76. The van der Waals surface area contributed by atoms with Crippen LogP contribution in [0.3, 0.4) is 0 Å². The molecule has 2 aromatic heterocycles. The van der Waals surface area contributed by atoms with Gasteiger partial charge >= 0.3 is 0 Å². The molecule has 2 N–H and O–H groups in total. The Morgan fingerprint density at radius 2 is 2.16 bits per heavy atom. The highest BCUT2D eigenvalue weighted by molar-refractivity contribution is 5.45. The standard InChI is InChI=1S/C12H19N7/c13-8-3-9-18(10-4-1-2-5-10)12-7-6-11-14-16-17-19(11)15-12/h6-7,10H,1-5,8-9,13H2. The topological polar surface area (TPSA) is 85.2 Å². The Balaban J connectivity index is 1.87. The van der Waals surface area contributed by atoms with Crippen LogP contribution in [0.2, 0.25) is 0 Å². The molecule has 1 aliphatic carbocycles. The third-order valence-electron chi connectivity index (χ3n) is 3.72. The number of nitrogens with zero attached hydrogens (tertiary/aromatic N) is 6. The van der Waals surface area contributed by atoms with Crippen LogP contribution >= 0.6 is 0 Å². The van der Waals surface area contributed by atoms with Crippen LogP contribution in [-0.2, 0) is 0 Å². The summed E-state index contributed by atoms with van der Waals surface area (Å²) in [4.78, 5) is 2.36. The first-order chi connectivity index (χ1) is 9.38. The van der Waals surface area contributed by atoms with Crippen LogP contribution in [0.25, 0.3) is 5.65 Å². The second kappa shape index (κ2) is 5.48. The van der Waals surface area contributed by atoms with Gasteiger partial charge < -0.3 is 10.6 Å². The van der Waals surface area contributed by atoms with E-state index in [-0.39, 0.29) is 0 Å². The molecule has 0 amide bonds. The average molecular weight is 261 g/mol. The third-order valence-corrected chi connectivity index (χ3v) is 3.72. The zero-order valence-electron chi connectivity index (χ0n) is 10.9. The smallest absolute Gasteiger partial charge is 0.200 e. The van der Waals surface area contributed by atoms with Crippen LogP contribution in [0.5, 0.6) is 0 Å². The number of hydrogen-bond acceptors (Lipinski definition) is 6. The Bertz CT molecular complexity index is 532. The van der Waals surface area contributed by atoms with E-state index >= 15 is 0 Å². The molecule has 0 unspecified atom stereocenters. The maximum absolute atomic E-state index is 5.64. The SMILES string of the molecule is NCCCN(c1ccc2nnnn2n1)C1CCCC1. The molecule has 1 aliphatic rings. The molecule has 0 spiro atoms. The minimum atomic E-state index is 0.577. The van der Waals surface area contributed by atoms with Crippen molar-refractivity contribution >= 4 is 11.5 Å². The van der Waals surface area contributed by atoms with Crippen LogP contribution in [0.4, 0.5) is 5.82 Å². The number of aromatic nitrogens is 5. The zero-order chi connectivity index (χ0) is 13.1. The van der Waals surface area contributed by atoms with E-state index in [4.69, 9.17) is 5.73 Å². The van der Waals surface area contributed by atoms with Crippen molar-refractivity contribution < 1.29 is 0 Å². The van der Waals surface area contributed by atoms with Gasteiger partial charge in [0.2, 0.25) is 0 Å². The highest BCUT2D eigenvalue weighted by Gasteiger charge is 2.23. The summed E-state index contributed by atoms with van der Waals surface area (Å²) in [6.07, 6.45) is 6.06. The third kappa shape index (κ3) is 2.51. The summed E-state index contributed by atoms with van der Waals surface area (Å²) in [6, 6.07) is 4.49. The molecule has 1 fully saturated rings. The molecule has 1 saturated carbocycles. The molecule has 7 nitrogen and oxygen atoms in total. The van der Waals surface area contributed by atoms with Gasteiger partial charge in [-0.05, 0) is 48.4 Å². The molecule has 0 atom stereocenters. The fourth-order valence-corrected chi connectivity index (χ4v) is 2.76. The van der Waals surface area contributed by atoms with Gasteiger partial charge in [0.15, 0.2) is 11.5 Å². The summed E-state index contributed by atoms with van der Waals surface area (Å²) in [6.45, 7) is 1.65. The van der Waals surface area contributed by atoms with E-state index in [2.05, 4.69) is 25.5 Å². The van der Waals surface area contributed by atoms with Crippen LogP contribution in [0, 0.1) is 0 Å². The largest absolute Gasteiger partial charge is 0.352 e. The van der Waals surface area contributed by atoms with E-state index in [1.807, 2.05) is 12.1 Å². The number of fused-ring (bicyclic) bond motifs is 1. The fraction of sp³-hybridized carbons (Fsp3) is 0.667. The first kappa shape index (κ1) is 12.3. The summed E-state index contributed by atoms with van der Waals surface area (Å²) in [5, 5.41) is 15.9. The molecule has 2 aromatic rings. The van der Waals surface area contributed by atoms with Crippen molar-refractivity contribution in [3.63, 3.8) is 0 Å². The van der Waals surface area contributed by atoms with Crippen LogP contribution in [0.15, 0.2) is 12.1 Å². The highest BCUT2D eigenvalue weighted by Crippen LogP contribution is 2.27. The molecular formula is C12H19N7. The quantitative estimate of drug-likeness (QED) is 0.849. The van der Waals surface area contributed by atoms with Crippen LogP contribution in [0.1, 0.15) is 32.1 Å². The molecule has 0 aromatic carbocycles. The highest BCUT2D eigenvalue weighted by atomic mass is 15.6. The maximum Gasteiger partial charge on any atom is 0.200 e. The van der Waals surface area contributed by atoms with E-state index in [9.17, 15) is 0 Å². The number of nitrogens with two attached hydrogens (primary N) is 1. The molecule has 102 valence electrons. The van der Waals surface area contributed by atoms with Gasteiger partial charge in [0, 0.05) is 12.6 Å². The first-order valence-corrected chi connectivity index (χ1v) is 6.90. The number of rotatable bonds is 5. The second-order valence-electron chi connectivity index (χ2n) is 4.99. The second-order valence-corrected chi connectivity index (χ2v) is 4.99. The predicted molar refractivity (Wildman–Crippen MR) is 71.9 cm³/mol. The number of anilines is 1. The molecule has 3 rings (SSSR count). The summed E-state index contributed by atoms with van der Waals surface area (Å²) in [7, 11) is 0. The summed E-state index contributed by atoms with van der Waals surface area (Å²) in [5.74, 6) is 0.945. The van der Waals surface area contributed by atoms with E-state index in [1.54, 1.807) is 0 Å².